The Morgan fingerprint density at radius 3 is 2.57 bits per heavy atom. The summed E-state index contributed by atoms with van der Waals surface area (Å²) in [7, 11) is 1.52. The highest BCUT2D eigenvalue weighted by atomic mass is 16.5. The third kappa shape index (κ3) is 2.16. The van der Waals surface area contributed by atoms with Crippen molar-refractivity contribution in [3.05, 3.63) is 17.7 Å². The molecule has 2 N–H and O–H groups in total. The van der Waals surface area contributed by atoms with Gasteiger partial charge in [0.05, 0.1) is 12.8 Å². The van der Waals surface area contributed by atoms with Crippen LogP contribution < -0.4 is 10.1 Å². The molecule has 4 nitrogen and oxygen atoms in total. The van der Waals surface area contributed by atoms with Crippen LogP contribution in [0.1, 0.15) is 12.5 Å². The van der Waals surface area contributed by atoms with E-state index in [0.29, 0.717) is 11.4 Å². The molecule has 14 heavy (non-hydrogen) atoms. The number of nitrogens with one attached hydrogen (secondary N) is 1. The van der Waals surface area contributed by atoms with E-state index < -0.39 is 0 Å². The number of aryl methyl sites for hydroxylation is 1. The van der Waals surface area contributed by atoms with E-state index in [1.165, 1.54) is 20.1 Å². The molecular formula is C10H13NO3. The molecule has 0 atom stereocenters. The molecule has 0 aliphatic rings. The lowest BCUT2D eigenvalue weighted by molar-refractivity contribution is -0.114. The smallest absolute Gasteiger partial charge is 0.221 e. The molecule has 0 aromatic heterocycles. The number of aromatic hydroxyl groups is 1. The molecule has 4 heteroatoms. The van der Waals surface area contributed by atoms with Gasteiger partial charge in [0, 0.05) is 13.0 Å². The zero-order valence-corrected chi connectivity index (χ0v) is 8.42. The van der Waals surface area contributed by atoms with Crippen molar-refractivity contribution in [3.8, 4) is 11.5 Å². The van der Waals surface area contributed by atoms with Gasteiger partial charge in [-0.3, -0.25) is 4.79 Å². The number of anilines is 1. The summed E-state index contributed by atoms with van der Waals surface area (Å²) in [6, 6.07) is 3.20. The molecule has 0 fully saturated rings. The Kier molecular flexibility index (Phi) is 2.96. The molecule has 1 amide bonds. The van der Waals surface area contributed by atoms with Gasteiger partial charge in [0.15, 0.2) is 0 Å². The molecule has 1 aromatic carbocycles. The van der Waals surface area contributed by atoms with Gasteiger partial charge in [-0.1, -0.05) is 0 Å². The van der Waals surface area contributed by atoms with Gasteiger partial charge in [-0.25, -0.2) is 0 Å². The fraction of sp³-hybridized carbons (Fsp3) is 0.300. The molecule has 0 saturated heterocycles. The number of phenols is 1. The highest BCUT2D eigenvalue weighted by Crippen LogP contribution is 2.31. The number of amides is 1. The monoisotopic (exact) mass is 195 g/mol. The van der Waals surface area contributed by atoms with Gasteiger partial charge in [0.1, 0.15) is 11.5 Å². The van der Waals surface area contributed by atoms with Crippen molar-refractivity contribution in [1.29, 1.82) is 0 Å². The van der Waals surface area contributed by atoms with Crippen LogP contribution in [0.4, 0.5) is 5.69 Å². The number of benzene rings is 1. The predicted octanol–water partition coefficient (Wildman–Crippen LogP) is 1.67. The second kappa shape index (κ2) is 4.00. The first-order valence-corrected chi connectivity index (χ1v) is 4.19. The third-order valence-electron chi connectivity index (χ3n) is 1.82. The summed E-state index contributed by atoms with van der Waals surface area (Å²) in [4.78, 5) is 10.8. The summed E-state index contributed by atoms with van der Waals surface area (Å²) < 4.78 is 4.96. The van der Waals surface area contributed by atoms with Gasteiger partial charge in [-0.05, 0) is 18.6 Å². The number of carbonyl (C=O) groups excluding carboxylic acids is 1. The zero-order chi connectivity index (χ0) is 10.7. The third-order valence-corrected chi connectivity index (χ3v) is 1.82. The molecule has 0 aliphatic carbocycles. The van der Waals surface area contributed by atoms with Crippen LogP contribution >= 0.6 is 0 Å². The van der Waals surface area contributed by atoms with E-state index in [2.05, 4.69) is 5.32 Å². The van der Waals surface area contributed by atoms with Crippen LogP contribution in [-0.2, 0) is 4.79 Å². The minimum Gasteiger partial charge on any atom is -0.506 e. The molecule has 1 rings (SSSR count). The lowest BCUT2D eigenvalue weighted by Crippen LogP contribution is -2.07. The number of carbonyl (C=O) groups is 1. The molecule has 0 bridgehead atoms. The van der Waals surface area contributed by atoms with E-state index in [9.17, 15) is 9.90 Å². The maximum absolute atomic E-state index is 10.8. The molecular weight excluding hydrogens is 182 g/mol. The fourth-order valence-electron chi connectivity index (χ4n) is 1.19. The van der Waals surface area contributed by atoms with E-state index in [-0.39, 0.29) is 11.7 Å². The van der Waals surface area contributed by atoms with Crippen molar-refractivity contribution in [2.75, 3.05) is 12.4 Å². The van der Waals surface area contributed by atoms with Crippen LogP contribution in [0, 0.1) is 6.92 Å². The van der Waals surface area contributed by atoms with Gasteiger partial charge in [0.25, 0.3) is 0 Å². The van der Waals surface area contributed by atoms with Crippen molar-refractivity contribution in [2.45, 2.75) is 13.8 Å². The van der Waals surface area contributed by atoms with E-state index >= 15 is 0 Å². The normalized spacial score (nSPS) is 9.64. The summed E-state index contributed by atoms with van der Waals surface area (Å²) in [6.07, 6.45) is 0. The molecule has 1 aromatic rings. The molecule has 0 spiro atoms. The Balaban J connectivity index is 3.11. The largest absolute Gasteiger partial charge is 0.506 e. The first-order valence-electron chi connectivity index (χ1n) is 4.19. The highest BCUT2D eigenvalue weighted by molar-refractivity contribution is 5.91. The number of phenolic OH excluding ortho intramolecular Hbond substituents is 1. The van der Waals surface area contributed by atoms with Crippen molar-refractivity contribution in [1.82, 2.24) is 0 Å². The maximum atomic E-state index is 10.8. The van der Waals surface area contributed by atoms with Gasteiger partial charge < -0.3 is 15.2 Å². The van der Waals surface area contributed by atoms with Crippen LogP contribution in [-0.4, -0.2) is 18.1 Å². The topological polar surface area (TPSA) is 58.6 Å². The Morgan fingerprint density at radius 2 is 2.14 bits per heavy atom. The van der Waals surface area contributed by atoms with Crippen molar-refractivity contribution >= 4 is 11.6 Å². The number of hydrogen-bond donors (Lipinski definition) is 2. The molecule has 0 radical (unpaired) electrons. The lowest BCUT2D eigenvalue weighted by Gasteiger charge is -2.10. The fourth-order valence-corrected chi connectivity index (χ4v) is 1.19. The Labute approximate surface area is 82.5 Å². The van der Waals surface area contributed by atoms with Crippen LogP contribution in [0.25, 0.3) is 0 Å². The molecule has 0 saturated carbocycles. The first-order chi connectivity index (χ1) is 6.54. The minimum absolute atomic E-state index is 0.0112. The minimum atomic E-state index is -0.214. The van der Waals surface area contributed by atoms with Crippen LogP contribution in [0.15, 0.2) is 12.1 Å². The number of rotatable bonds is 2. The number of ether oxygens (including phenoxy) is 1. The molecule has 0 aliphatic heterocycles. The highest BCUT2D eigenvalue weighted by Gasteiger charge is 2.08. The van der Waals surface area contributed by atoms with Crippen molar-refractivity contribution in [2.24, 2.45) is 0 Å². The van der Waals surface area contributed by atoms with Crippen LogP contribution in [0.5, 0.6) is 11.5 Å². The summed E-state index contributed by atoms with van der Waals surface area (Å²) in [5.41, 5.74) is 1.19. The van der Waals surface area contributed by atoms with E-state index in [4.69, 9.17) is 4.74 Å². The SMILES string of the molecule is COc1cc(C)c(NC(C)=O)c(O)c1. The first kappa shape index (κ1) is 10.4. The summed E-state index contributed by atoms with van der Waals surface area (Å²) in [5.74, 6) is 0.361. The Bertz CT molecular complexity index is 337. The Morgan fingerprint density at radius 1 is 1.50 bits per heavy atom. The lowest BCUT2D eigenvalue weighted by atomic mass is 10.1. The standard InChI is InChI=1S/C10H13NO3/c1-6-4-8(14-3)5-9(13)10(6)11-7(2)12/h4-5,13H,1-3H3,(H,11,12). The second-order valence-corrected chi connectivity index (χ2v) is 3.02. The second-order valence-electron chi connectivity index (χ2n) is 3.02. The average Bonchev–Trinajstić information content (AvgIpc) is 2.10. The maximum Gasteiger partial charge on any atom is 0.221 e. The van der Waals surface area contributed by atoms with Gasteiger partial charge in [-0.15, -0.1) is 0 Å². The Hall–Kier alpha value is -1.71. The quantitative estimate of drug-likeness (QED) is 0.706. The van der Waals surface area contributed by atoms with Gasteiger partial charge in [0.2, 0.25) is 5.91 Å². The van der Waals surface area contributed by atoms with Crippen molar-refractivity contribution in [3.63, 3.8) is 0 Å². The number of methoxy groups -OCH3 is 1. The van der Waals surface area contributed by atoms with Gasteiger partial charge in [-0.2, -0.15) is 0 Å². The average molecular weight is 195 g/mol. The van der Waals surface area contributed by atoms with Crippen LogP contribution in [0.3, 0.4) is 0 Å². The molecule has 76 valence electrons. The predicted molar refractivity (Wildman–Crippen MR) is 53.7 cm³/mol. The van der Waals surface area contributed by atoms with Crippen LogP contribution in [0.2, 0.25) is 0 Å². The van der Waals surface area contributed by atoms with E-state index in [0.717, 1.165) is 5.56 Å². The molecule has 0 heterocycles. The summed E-state index contributed by atoms with van der Waals surface area (Å²) in [5, 5.41) is 12.1. The summed E-state index contributed by atoms with van der Waals surface area (Å²) in [6.45, 7) is 3.18. The summed E-state index contributed by atoms with van der Waals surface area (Å²) >= 11 is 0. The van der Waals surface area contributed by atoms with E-state index in [1.54, 1.807) is 13.0 Å². The van der Waals surface area contributed by atoms with E-state index in [1.807, 2.05) is 0 Å². The molecule has 0 unspecified atom stereocenters. The zero-order valence-electron chi connectivity index (χ0n) is 8.42. The number of hydrogen-bond acceptors (Lipinski definition) is 3. The van der Waals surface area contributed by atoms with Gasteiger partial charge >= 0.3 is 0 Å². The van der Waals surface area contributed by atoms with Crippen molar-refractivity contribution < 1.29 is 14.6 Å².